The Morgan fingerprint density at radius 3 is 2.70 bits per heavy atom. The minimum Gasteiger partial charge on any atom is -0.465 e. The van der Waals surface area contributed by atoms with Crippen molar-refractivity contribution in [1.82, 2.24) is 19.9 Å². The summed E-state index contributed by atoms with van der Waals surface area (Å²) in [5.41, 5.74) is 4.21. The molecule has 148 valence electrons. The summed E-state index contributed by atoms with van der Waals surface area (Å²) in [6.45, 7) is 7.98. The topological polar surface area (TPSA) is 124 Å². The minimum atomic E-state index is -1.20. The number of hydrogen-bond acceptors (Lipinski definition) is 5. The Morgan fingerprint density at radius 1 is 1.41 bits per heavy atom. The molecule has 0 unspecified atom stereocenters. The van der Waals surface area contributed by atoms with Crippen LogP contribution in [-0.4, -0.2) is 58.4 Å². The number of nitrogens with one attached hydrogen (secondary N) is 2. The SMILES string of the molecule is CN(Cc1cc2nc(C(=N)NO)ccc2n1COCC[Si](C)(C)C)C(=O)O. The van der Waals surface area contributed by atoms with Gasteiger partial charge in [-0.2, -0.15) is 0 Å². The molecule has 2 aromatic rings. The van der Waals surface area contributed by atoms with E-state index in [0.29, 0.717) is 24.5 Å². The Balaban J connectivity index is 2.31. The maximum atomic E-state index is 11.2. The fraction of sp³-hybridized carbons (Fsp3) is 0.471. The van der Waals surface area contributed by atoms with Gasteiger partial charge in [-0.1, -0.05) is 19.6 Å². The molecule has 0 bridgehead atoms. The molecular formula is C17H27N5O4Si. The molecule has 0 aromatic carbocycles. The third-order valence-corrected chi connectivity index (χ3v) is 5.86. The highest BCUT2D eigenvalue weighted by atomic mass is 28.3. The van der Waals surface area contributed by atoms with Gasteiger partial charge < -0.3 is 19.3 Å². The molecule has 0 saturated carbocycles. The number of rotatable bonds is 8. The maximum Gasteiger partial charge on any atom is 0.407 e. The van der Waals surface area contributed by atoms with Crippen LogP contribution in [0.5, 0.6) is 0 Å². The molecule has 0 radical (unpaired) electrons. The lowest BCUT2D eigenvalue weighted by Gasteiger charge is -2.18. The number of nitrogens with zero attached hydrogens (tertiary/aromatic N) is 3. The van der Waals surface area contributed by atoms with Crippen LogP contribution in [0.4, 0.5) is 4.79 Å². The molecule has 2 heterocycles. The Kier molecular flexibility index (Phi) is 6.57. The molecule has 2 rings (SSSR count). The molecule has 0 aliphatic rings. The molecule has 0 atom stereocenters. The lowest BCUT2D eigenvalue weighted by molar-refractivity contribution is 0.0865. The van der Waals surface area contributed by atoms with Crippen molar-refractivity contribution in [2.45, 2.75) is 39.0 Å². The fourth-order valence-corrected chi connectivity index (χ4v) is 3.27. The van der Waals surface area contributed by atoms with Crippen molar-refractivity contribution in [1.29, 1.82) is 5.41 Å². The molecule has 0 saturated heterocycles. The van der Waals surface area contributed by atoms with Crippen molar-refractivity contribution in [3.05, 3.63) is 29.6 Å². The number of aromatic nitrogens is 2. The summed E-state index contributed by atoms with van der Waals surface area (Å²) in [6, 6.07) is 6.23. The van der Waals surface area contributed by atoms with Crippen LogP contribution in [-0.2, 0) is 18.0 Å². The van der Waals surface area contributed by atoms with E-state index in [-0.39, 0.29) is 12.4 Å². The molecule has 9 nitrogen and oxygen atoms in total. The number of hydrogen-bond donors (Lipinski definition) is 4. The quantitative estimate of drug-likeness (QED) is 0.180. The zero-order chi connectivity index (χ0) is 20.2. The lowest BCUT2D eigenvalue weighted by atomic mass is 10.3. The van der Waals surface area contributed by atoms with E-state index in [1.54, 1.807) is 23.7 Å². The third-order valence-electron chi connectivity index (χ3n) is 4.15. The highest BCUT2D eigenvalue weighted by molar-refractivity contribution is 6.76. The first kappa shape index (κ1) is 20.9. The van der Waals surface area contributed by atoms with Crippen molar-refractivity contribution >= 4 is 31.0 Å². The monoisotopic (exact) mass is 393 g/mol. The van der Waals surface area contributed by atoms with Gasteiger partial charge in [0.2, 0.25) is 0 Å². The van der Waals surface area contributed by atoms with E-state index in [9.17, 15) is 9.90 Å². The van der Waals surface area contributed by atoms with Gasteiger partial charge in [-0.15, -0.1) is 0 Å². The first-order chi connectivity index (χ1) is 12.6. The molecule has 2 aromatic heterocycles. The van der Waals surface area contributed by atoms with Crippen molar-refractivity contribution in [2.24, 2.45) is 0 Å². The minimum absolute atomic E-state index is 0.189. The number of carbonyl (C=O) groups is 1. The number of amides is 1. The summed E-state index contributed by atoms with van der Waals surface area (Å²) in [5, 5.41) is 25.7. The average molecular weight is 394 g/mol. The Hall–Kier alpha value is -2.43. The number of fused-ring (bicyclic) bond motifs is 1. The Morgan fingerprint density at radius 2 is 2.11 bits per heavy atom. The van der Waals surface area contributed by atoms with E-state index in [4.69, 9.17) is 15.4 Å². The van der Waals surface area contributed by atoms with Gasteiger partial charge in [0.15, 0.2) is 5.84 Å². The number of ether oxygens (including phenoxy) is 1. The van der Waals surface area contributed by atoms with Crippen molar-refractivity contribution in [3.8, 4) is 0 Å². The van der Waals surface area contributed by atoms with Crippen LogP contribution in [0.25, 0.3) is 11.0 Å². The van der Waals surface area contributed by atoms with Crippen molar-refractivity contribution < 1.29 is 19.8 Å². The fourth-order valence-electron chi connectivity index (χ4n) is 2.52. The second-order valence-electron chi connectivity index (χ2n) is 7.64. The summed E-state index contributed by atoms with van der Waals surface area (Å²) >= 11 is 0. The van der Waals surface area contributed by atoms with Crippen LogP contribution in [0.15, 0.2) is 18.2 Å². The number of amidine groups is 1. The van der Waals surface area contributed by atoms with Gasteiger partial charge in [-0.3, -0.25) is 16.1 Å². The van der Waals surface area contributed by atoms with Crippen LogP contribution in [0.2, 0.25) is 25.7 Å². The molecule has 10 heteroatoms. The van der Waals surface area contributed by atoms with E-state index in [1.165, 1.54) is 11.9 Å². The summed E-state index contributed by atoms with van der Waals surface area (Å²) in [7, 11) is 0.302. The third kappa shape index (κ3) is 5.52. The zero-order valence-electron chi connectivity index (χ0n) is 16.1. The predicted octanol–water partition coefficient (Wildman–Crippen LogP) is 2.76. The van der Waals surface area contributed by atoms with Gasteiger partial charge in [-0.05, 0) is 24.2 Å². The highest BCUT2D eigenvalue weighted by Gasteiger charge is 2.16. The standard InChI is InChI=1S/C17H27N5O4Si/c1-21(17(23)24)10-12-9-14-15(6-5-13(19-14)16(18)20-25)22(12)11-26-7-8-27(2,3)4/h5-6,9,25H,7-8,10-11H2,1-4H3,(H2,18,20)(H,23,24). The molecule has 4 N–H and O–H groups in total. The molecule has 0 spiro atoms. The van der Waals surface area contributed by atoms with Crippen molar-refractivity contribution in [2.75, 3.05) is 13.7 Å². The molecule has 0 aliphatic heterocycles. The van der Waals surface area contributed by atoms with Crippen LogP contribution >= 0.6 is 0 Å². The van der Waals surface area contributed by atoms with Gasteiger partial charge >= 0.3 is 6.09 Å². The number of pyridine rings is 1. The highest BCUT2D eigenvalue weighted by Crippen LogP contribution is 2.21. The van der Waals surface area contributed by atoms with E-state index < -0.39 is 14.2 Å². The maximum absolute atomic E-state index is 11.2. The Bertz CT molecular complexity index is 831. The number of hydroxylamine groups is 1. The van der Waals surface area contributed by atoms with Crippen LogP contribution in [0.3, 0.4) is 0 Å². The van der Waals surface area contributed by atoms with Crippen LogP contribution in [0.1, 0.15) is 11.4 Å². The van der Waals surface area contributed by atoms with E-state index >= 15 is 0 Å². The summed E-state index contributed by atoms with van der Waals surface area (Å²) in [6.07, 6.45) is -1.02. The summed E-state index contributed by atoms with van der Waals surface area (Å²) in [4.78, 5) is 16.7. The summed E-state index contributed by atoms with van der Waals surface area (Å²) in [5.74, 6) is -0.208. The van der Waals surface area contributed by atoms with Gasteiger partial charge in [0.05, 0.1) is 17.6 Å². The first-order valence-electron chi connectivity index (χ1n) is 8.62. The molecule has 0 fully saturated rings. The van der Waals surface area contributed by atoms with Gasteiger partial charge in [0.25, 0.3) is 0 Å². The molecular weight excluding hydrogens is 366 g/mol. The van der Waals surface area contributed by atoms with E-state index in [0.717, 1.165) is 17.3 Å². The predicted molar refractivity (Wildman–Crippen MR) is 105 cm³/mol. The molecule has 27 heavy (non-hydrogen) atoms. The zero-order valence-corrected chi connectivity index (χ0v) is 17.1. The van der Waals surface area contributed by atoms with Gasteiger partial charge in [-0.25, -0.2) is 9.78 Å². The molecule has 1 amide bonds. The second-order valence-corrected chi connectivity index (χ2v) is 13.3. The molecule has 0 aliphatic carbocycles. The van der Waals surface area contributed by atoms with E-state index in [1.807, 2.05) is 4.57 Å². The van der Waals surface area contributed by atoms with Crippen molar-refractivity contribution in [3.63, 3.8) is 0 Å². The smallest absolute Gasteiger partial charge is 0.407 e. The van der Waals surface area contributed by atoms with Gasteiger partial charge in [0.1, 0.15) is 12.4 Å². The van der Waals surface area contributed by atoms with Crippen LogP contribution < -0.4 is 5.48 Å². The van der Waals surface area contributed by atoms with Gasteiger partial charge in [0, 0.05) is 27.4 Å². The van der Waals surface area contributed by atoms with Crippen LogP contribution in [0, 0.1) is 5.41 Å². The summed E-state index contributed by atoms with van der Waals surface area (Å²) < 4.78 is 7.75. The Labute approximate surface area is 159 Å². The largest absolute Gasteiger partial charge is 0.465 e. The second kappa shape index (κ2) is 8.50. The normalized spacial score (nSPS) is 11.6. The number of carboxylic acid groups (broad SMARTS) is 1. The average Bonchev–Trinajstić information content (AvgIpc) is 2.93. The first-order valence-corrected chi connectivity index (χ1v) is 12.3. The lowest BCUT2D eigenvalue weighted by Crippen LogP contribution is -2.26. The van der Waals surface area contributed by atoms with E-state index in [2.05, 4.69) is 24.6 Å².